The number of Topliss-reactive ketones (excluding diaryl/α,β-unsaturated/α-hetero) is 1. The minimum absolute atomic E-state index is 0.0715. The first-order chi connectivity index (χ1) is 6.72. The van der Waals surface area contributed by atoms with E-state index in [1.165, 1.54) is 11.3 Å². The van der Waals surface area contributed by atoms with Crippen molar-refractivity contribution in [2.75, 3.05) is 0 Å². The lowest BCUT2D eigenvalue weighted by Gasteiger charge is -1.87. The monoisotopic (exact) mass is 225 g/mol. The number of nitrogens with zero attached hydrogens (tertiary/aromatic N) is 1. The quantitative estimate of drug-likeness (QED) is 0.732. The number of aromatic nitrogens is 1. The van der Waals surface area contributed by atoms with E-state index in [2.05, 4.69) is 4.98 Å². The Balaban J connectivity index is 2.62. The Morgan fingerprint density at radius 1 is 1.57 bits per heavy atom. The fourth-order valence-electron chi connectivity index (χ4n) is 1.19. The first kappa shape index (κ1) is 9.62. The summed E-state index contributed by atoms with van der Waals surface area (Å²) in [6.45, 7) is 1.83. The minimum atomic E-state index is 0.0715. The van der Waals surface area contributed by atoms with Gasteiger partial charge in [0.05, 0.1) is 15.2 Å². The molecule has 0 aliphatic heterocycles. The van der Waals surface area contributed by atoms with E-state index >= 15 is 0 Å². The molecule has 0 atom stereocenters. The van der Waals surface area contributed by atoms with Gasteiger partial charge in [0.1, 0.15) is 0 Å². The second kappa shape index (κ2) is 3.67. The molecule has 2 aromatic rings. The third kappa shape index (κ3) is 1.53. The van der Waals surface area contributed by atoms with Crippen molar-refractivity contribution < 1.29 is 4.79 Å². The van der Waals surface area contributed by atoms with Crippen molar-refractivity contribution in [1.82, 2.24) is 4.98 Å². The van der Waals surface area contributed by atoms with Gasteiger partial charge in [-0.3, -0.25) is 4.79 Å². The van der Waals surface area contributed by atoms with E-state index in [1.807, 2.05) is 25.1 Å². The van der Waals surface area contributed by atoms with Gasteiger partial charge >= 0.3 is 0 Å². The van der Waals surface area contributed by atoms with Crippen molar-refractivity contribution in [3.05, 3.63) is 28.2 Å². The van der Waals surface area contributed by atoms with Crippen LogP contribution in [-0.4, -0.2) is 10.8 Å². The topological polar surface area (TPSA) is 30.0 Å². The molecule has 0 spiro atoms. The molecule has 4 heteroatoms. The largest absolute Gasteiger partial charge is 0.292 e. The molecule has 0 radical (unpaired) electrons. The van der Waals surface area contributed by atoms with E-state index in [1.54, 1.807) is 0 Å². The fraction of sp³-hybridized carbons (Fsp3) is 0.200. The van der Waals surface area contributed by atoms with Gasteiger partial charge in [-0.1, -0.05) is 24.6 Å². The molecule has 0 unspecified atom stereocenters. The Kier molecular flexibility index (Phi) is 2.52. The number of carbonyl (C=O) groups excluding carboxylic acids is 1. The number of benzene rings is 1. The number of thiazole rings is 1. The number of carbonyl (C=O) groups is 1. The van der Waals surface area contributed by atoms with Crippen molar-refractivity contribution in [1.29, 1.82) is 0 Å². The summed E-state index contributed by atoms with van der Waals surface area (Å²) in [7, 11) is 0. The zero-order chi connectivity index (χ0) is 10.1. The van der Waals surface area contributed by atoms with Crippen molar-refractivity contribution in [3.63, 3.8) is 0 Å². The molecule has 2 nitrogen and oxygen atoms in total. The zero-order valence-electron chi connectivity index (χ0n) is 7.58. The Hall–Kier alpha value is -0.930. The molecule has 0 bridgehead atoms. The average molecular weight is 226 g/mol. The lowest BCUT2D eigenvalue weighted by molar-refractivity contribution is 0.0988. The second-order valence-corrected chi connectivity index (χ2v) is 4.29. The normalized spacial score (nSPS) is 10.7. The number of ketones is 1. The van der Waals surface area contributed by atoms with Crippen LogP contribution in [0.4, 0.5) is 0 Å². The highest BCUT2D eigenvalue weighted by Crippen LogP contribution is 2.29. The number of fused-ring (bicyclic) bond motifs is 1. The summed E-state index contributed by atoms with van der Waals surface area (Å²) in [5, 5.41) is 1.21. The molecule has 0 aliphatic rings. The van der Waals surface area contributed by atoms with Crippen LogP contribution in [0.3, 0.4) is 0 Å². The van der Waals surface area contributed by atoms with Gasteiger partial charge in [-0.15, -0.1) is 11.3 Å². The molecule has 1 aromatic heterocycles. The molecule has 72 valence electrons. The summed E-state index contributed by atoms with van der Waals surface area (Å²) in [5.74, 6) is 0.0715. The summed E-state index contributed by atoms with van der Waals surface area (Å²) in [6, 6.07) is 5.51. The van der Waals surface area contributed by atoms with Crippen LogP contribution in [-0.2, 0) is 0 Å². The van der Waals surface area contributed by atoms with Crippen LogP contribution in [0.1, 0.15) is 23.1 Å². The van der Waals surface area contributed by atoms with Gasteiger partial charge in [-0.05, 0) is 12.1 Å². The molecule has 1 heterocycles. The summed E-state index contributed by atoms with van der Waals surface area (Å²) in [6.07, 6.45) is 0.484. The van der Waals surface area contributed by atoms with E-state index < -0.39 is 0 Å². The standard InChI is InChI=1S/C10H8ClNOS/c1-2-8(13)10-12-7-5-3-4-6(11)9(7)14-10/h3-5H,2H2,1H3. The Bertz CT molecular complexity index is 492. The van der Waals surface area contributed by atoms with Crippen LogP contribution in [0.15, 0.2) is 18.2 Å². The molecule has 0 aliphatic carbocycles. The first-order valence-electron chi connectivity index (χ1n) is 4.30. The van der Waals surface area contributed by atoms with Crippen LogP contribution in [0.5, 0.6) is 0 Å². The lowest BCUT2D eigenvalue weighted by Crippen LogP contribution is -1.93. The molecule has 14 heavy (non-hydrogen) atoms. The number of halogens is 1. The maximum absolute atomic E-state index is 11.4. The van der Waals surface area contributed by atoms with Crippen LogP contribution in [0.2, 0.25) is 5.02 Å². The molecule has 0 saturated heterocycles. The van der Waals surface area contributed by atoms with E-state index in [0.717, 1.165) is 10.2 Å². The highest BCUT2D eigenvalue weighted by molar-refractivity contribution is 7.21. The van der Waals surface area contributed by atoms with Gasteiger partial charge in [-0.2, -0.15) is 0 Å². The molecule has 2 rings (SSSR count). The van der Waals surface area contributed by atoms with Crippen molar-refractivity contribution in [2.45, 2.75) is 13.3 Å². The van der Waals surface area contributed by atoms with Gasteiger partial charge in [0, 0.05) is 6.42 Å². The van der Waals surface area contributed by atoms with Crippen LogP contribution < -0.4 is 0 Å². The Morgan fingerprint density at radius 2 is 2.36 bits per heavy atom. The van der Waals surface area contributed by atoms with Crippen LogP contribution in [0, 0.1) is 0 Å². The highest BCUT2D eigenvalue weighted by atomic mass is 35.5. The van der Waals surface area contributed by atoms with Gasteiger partial charge in [0.25, 0.3) is 0 Å². The van der Waals surface area contributed by atoms with Gasteiger partial charge in [0.15, 0.2) is 10.8 Å². The van der Waals surface area contributed by atoms with E-state index in [-0.39, 0.29) is 5.78 Å². The minimum Gasteiger partial charge on any atom is -0.292 e. The van der Waals surface area contributed by atoms with Crippen LogP contribution >= 0.6 is 22.9 Å². The summed E-state index contributed by atoms with van der Waals surface area (Å²) in [4.78, 5) is 15.6. The average Bonchev–Trinajstić information content (AvgIpc) is 2.62. The molecule has 0 amide bonds. The predicted octanol–water partition coefficient (Wildman–Crippen LogP) is 3.54. The highest BCUT2D eigenvalue weighted by Gasteiger charge is 2.11. The third-order valence-electron chi connectivity index (χ3n) is 1.93. The predicted molar refractivity (Wildman–Crippen MR) is 59.3 cm³/mol. The van der Waals surface area contributed by atoms with Gasteiger partial charge < -0.3 is 0 Å². The molecule has 1 aromatic carbocycles. The van der Waals surface area contributed by atoms with Gasteiger partial charge in [-0.25, -0.2) is 4.98 Å². The number of hydrogen-bond acceptors (Lipinski definition) is 3. The second-order valence-electron chi connectivity index (χ2n) is 2.88. The maximum Gasteiger partial charge on any atom is 0.191 e. The first-order valence-corrected chi connectivity index (χ1v) is 5.50. The number of hydrogen-bond donors (Lipinski definition) is 0. The van der Waals surface area contributed by atoms with Crippen molar-refractivity contribution in [2.24, 2.45) is 0 Å². The third-order valence-corrected chi connectivity index (χ3v) is 3.50. The van der Waals surface area contributed by atoms with E-state index in [4.69, 9.17) is 11.6 Å². The summed E-state index contributed by atoms with van der Waals surface area (Å²) in [5.41, 5.74) is 0.805. The molecular formula is C10H8ClNOS. The van der Waals surface area contributed by atoms with Crippen molar-refractivity contribution >= 4 is 38.9 Å². The van der Waals surface area contributed by atoms with Crippen molar-refractivity contribution in [3.8, 4) is 0 Å². The Labute approximate surface area is 90.5 Å². The SMILES string of the molecule is CCC(=O)c1nc2cccc(Cl)c2s1. The molecular weight excluding hydrogens is 218 g/mol. The summed E-state index contributed by atoms with van der Waals surface area (Å²) < 4.78 is 0.894. The molecule has 0 N–H and O–H groups in total. The fourth-order valence-corrected chi connectivity index (χ4v) is 2.45. The van der Waals surface area contributed by atoms with E-state index in [9.17, 15) is 4.79 Å². The zero-order valence-corrected chi connectivity index (χ0v) is 9.15. The maximum atomic E-state index is 11.4. The smallest absolute Gasteiger partial charge is 0.191 e. The molecule has 0 fully saturated rings. The Morgan fingerprint density at radius 3 is 3.00 bits per heavy atom. The van der Waals surface area contributed by atoms with E-state index in [0.29, 0.717) is 16.5 Å². The number of rotatable bonds is 2. The summed E-state index contributed by atoms with van der Waals surface area (Å²) >= 11 is 7.34. The molecule has 0 saturated carbocycles. The van der Waals surface area contributed by atoms with Crippen LogP contribution in [0.25, 0.3) is 10.2 Å². The van der Waals surface area contributed by atoms with Gasteiger partial charge in [0.2, 0.25) is 0 Å². The lowest BCUT2D eigenvalue weighted by atomic mass is 10.3.